The van der Waals surface area contributed by atoms with Crippen LogP contribution in [0.4, 0.5) is 22.0 Å². The molecule has 5 aromatic rings. The summed E-state index contributed by atoms with van der Waals surface area (Å²) in [5.74, 6) is -0.740. The van der Waals surface area contributed by atoms with Crippen molar-refractivity contribution in [1.29, 1.82) is 5.26 Å². The van der Waals surface area contributed by atoms with E-state index in [0.717, 1.165) is 9.47 Å². The maximum Gasteiger partial charge on any atom is 0.416 e. The third-order valence-corrected chi connectivity index (χ3v) is 8.57. The largest absolute Gasteiger partial charge is 0.491 e. The summed E-state index contributed by atoms with van der Waals surface area (Å²) >= 11 is 7.47. The summed E-state index contributed by atoms with van der Waals surface area (Å²) in [4.78, 5) is 34.7. The molecule has 244 valence electrons. The van der Waals surface area contributed by atoms with Crippen LogP contribution in [0.2, 0.25) is 5.02 Å². The molecule has 0 fully saturated rings. The van der Waals surface area contributed by atoms with E-state index in [0.29, 0.717) is 32.7 Å². The van der Waals surface area contributed by atoms with Crippen LogP contribution in [0.25, 0.3) is 32.2 Å². The van der Waals surface area contributed by atoms with Crippen LogP contribution in [0.1, 0.15) is 32.9 Å². The number of nitrogens with zero attached hydrogens (tertiary/aromatic N) is 5. The quantitative estimate of drug-likeness (QED) is 0.156. The number of aromatic carboxylic acids is 1. The van der Waals surface area contributed by atoms with E-state index in [1.807, 2.05) is 0 Å². The number of alkyl halides is 5. The highest BCUT2D eigenvalue weighted by molar-refractivity contribution is 7.18. The number of aryl methyl sites for hydroxylation is 1. The molecule has 0 aliphatic carbocycles. The summed E-state index contributed by atoms with van der Waals surface area (Å²) in [6.07, 6.45) is -6.32. The van der Waals surface area contributed by atoms with Crippen LogP contribution in [-0.2, 0) is 19.3 Å². The fraction of sp³-hybridized carbons (Fsp3) is 0.258. The highest BCUT2D eigenvalue weighted by Crippen LogP contribution is 2.40. The van der Waals surface area contributed by atoms with Crippen molar-refractivity contribution in [2.75, 3.05) is 20.2 Å². The standard InChI is InChI=1S/C31H23ClF5N5O4S/c1-15-40-23-10-22(31(35,36)37)20(12-41(2)13-25(33)34)19(11-38)26(23)29(43)42(15)7-8-46-24-4-3-16(32)9-18(24)17-5-6-39-27-21(30(44)45)14-47-28(17)27/h3-6,9-10,14,25H,7-8,12-13H2,1-2H3,(H,44,45). The fourth-order valence-corrected chi connectivity index (χ4v) is 6.49. The topological polar surface area (TPSA) is 121 Å². The number of nitriles is 1. The first kappa shape index (κ1) is 33.7. The lowest BCUT2D eigenvalue weighted by molar-refractivity contribution is -0.138. The molecule has 0 bridgehead atoms. The number of carbonyl (C=O) groups is 1. The Kier molecular flexibility index (Phi) is 9.48. The monoisotopic (exact) mass is 691 g/mol. The minimum absolute atomic E-state index is 0.0397. The zero-order chi connectivity index (χ0) is 34.2. The molecule has 9 nitrogen and oxygen atoms in total. The van der Waals surface area contributed by atoms with Gasteiger partial charge in [-0.05, 0) is 49.9 Å². The van der Waals surface area contributed by atoms with Crippen molar-refractivity contribution in [2.45, 2.75) is 32.6 Å². The fourth-order valence-electron chi connectivity index (χ4n) is 5.29. The molecule has 0 amide bonds. The van der Waals surface area contributed by atoms with Crippen LogP contribution in [0, 0.1) is 18.3 Å². The molecule has 0 spiro atoms. The van der Waals surface area contributed by atoms with E-state index >= 15 is 0 Å². The highest BCUT2D eigenvalue weighted by atomic mass is 35.5. The number of hydrogen-bond acceptors (Lipinski definition) is 8. The SMILES string of the molecule is Cc1nc2cc(C(F)(F)F)c(CN(C)CC(F)F)c(C#N)c2c(=O)n1CCOc1ccc(Cl)cc1-c1ccnc2c(C(=O)O)csc12. The van der Waals surface area contributed by atoms with Gasteiger partial charge in [0, 0.05) is 34.3 Å². The Morgan fingerprint density at radius 1 is 1.23 bits per heavy atom. The number of hydrogen-bond donors (Lipinski definition) is 1. The molecule has 3 heterocycles. The number of thiophene rings is 1. The van der Waals surface area contributed by atoms with Gasteiger partial charge >= 0.3 is 12.1 Å². The van der Waals surface area contributed by atoms with E-state index in [-0.39, 0.29) is 41.0 Å². The molecule has 0 aliphatic rings. The van der Waals surface area contributed by atoms with Gasteiger partial charge in [-0.25, -0.2) is 18.6 Å². The van der Waals surface area contributed by atoms with Crippen molar-refractivity contribution in [2.24, 2.45) is 0 Å². The van der Waals surface area contributed by atoms with Gasteiger partial charge in [-0.15, -0.1) is 11.3 Å². The number of fused-ring (bicyclic) bond motifs is 2. The Balaban J connectivity index is 1.52. The molecule has 0 aliphatic heterocycles. The number of carboxylic acid groups (broad SMARTS) is 1. The predicted octanol–water partition coefficient (Wildman–Crippen LogP) is 7.00. The minimum Gasteiger partial charge on any atom is -0.491 e. The molecule has 3 aromatic heterocycles. The second-order valence-corrected chi connectivity index (χ2v) is 11.8. The first-order valence-electron chi connectivity index (χ1n) is 13.7. The van der Waals surface area contributed by atoms with E-state index in [1.165, 1.54) is 36.9 Å². The number of aromatic nitrogens is 3. The molecule has 0 radical (unpaired) electrons. The predicted molar refractivity (Wildman–Crippen MR) is 165 cm³/mol. The zero-order valence-corrected chi connectivity index (χ0v) is 26.1. The lowest BCUT2D eigenvalue weighted by atomic mass is 9.96. The molecule has 0 saturated carbocycles. The summed E-state index contributed by atoms with van der Waals surface area (Å²) in [5, 5.41) is 21.0. The zero-order valence-electron chi connectivity index (χ0n) is 24.5. The number of benzene rings is 2. The lowest BCUT2D eigenvalue weighted by Crippen LogP contribution is -2.29. The summed E-state index contributed by atoms with van der Waals surface area (Å²) in [5.41, 5.74) is -2.13. The van der Waals surface area contributed by atoms with Crippen molar-refractivity contribution in [3.63, 3.8) is 0 Å². The van der Waals surface area contributed by atoms with E-state index in [9.17, 15) is 41.9 Å². The normalized spacial score (nSPS) is 11.9. The summed E-state index contributed by atoms with van der Waals surface area (Å²) in [7, 11) is 1.19. The average molecular weight is 692 g/mol. The van der Waals surface area contributed by atoms with Gasteiger partial charge in [0.2, 0.25) is 0 Å². The van der Waals surface area contributed by atoms with Crippen LogP contribution in [0.5, 0.6) is 5.75 Å². The summed E-state index contributed by atoms with van der Waals surface area (Å²) < 4.78 is 75.9. The first-order valence-corrected chi connectivity index (χ1v) is 15.0. The van der Waals surface area contributed by atoms with Crippen molar-refractivity contribution < 1.29 is 36.6 Å². The van der Waals surface area contributed by atoms with Gasteiger partial charge in [0.15, 0.2) is 0 Å². The smallest absolute Gasteiger partial charge is 0.416 e. The Morgan fingerprint density at radius 2 is 1.98 bits per heavy atom. The van der Waals surface area contributed by atoms with Crippen LogP contribution in [0.15, 0.2) is 46.7 Å². The molecular weight excluding hydrogens is 669 g/mol. The Labute approximate surface area is 272 Å². The number of carboxylic acids is 1. The van der Waals surface area contributed by atoms with E-state index in [4.69, 9.17) is 16.3 Å². The number of halogens is 6. The average Bonchev–Trinajstić information content (AvgIpc) is 3.43. The Morgan fingerprint density at radius 3 is 2.64 bits per heavy atom. The lowest BCUT2D eigenvalue weighted by Gasteiger charge is -2.22. The van der Waals surface area contributed by atoms with E-state index in [2.05, 4.69) is 9.97 Å². The molecular formula is C31H23ClF5N5O4S. The minimum atomic E-state index is -4.95. The van der Waals surface area contributed by atoms with Crippen molar-refractivity contribution in [3.05, 3.63) is 85.4 Å². The molecule has 5 rings (SSSR count). The van der Waals surface area contributed by atoms with Gasteiger partial charge in [-0.1, -0.05) is 11.6 Å². The van der Waals surface area contributed by atoms with Gasteiger partial charge < -0.3 is 9.84 Å². The van der Waals surface area contributed by atoms with Gasteiger partial charge in [0.05, 0.1) is 50.9 Å². The third-order valence-electron chi connectivity index (χ3n) is 7.33. The van der Waals surface area contributed by atoms with E-state index in [1.54, 1.807) is 30.3 Å². The van der Waals surface area contributed by atoms with Crippen LogP contribution >= 0.6 is 22.9 Å². The van der Waals surface area contributed by atoms with Crippen LogP contribution < -0.4 is 10.3 Å². The molecule has 0 atom stereocenters. The van der Waals surface area contributed by atoms with E-state index < -0.39 is 53.9 Å². The van der Waals surface area contributed by atoms with Crippen molar-refractivity contribution in [1.82, 2.24) is 19.4 Å². The second-order valence-electron chi connectivity index (χ2n) is 10.5. The van der Waals surface area contributed by atoms with Crippen molar-refractivity contribution >= 4 is 50.0 Å². The van der Waals surface area contributed by atoms with Gasteiger partial charge in [0.25, 0.3) is 12.0 Å². The third kappa shape index (κ3) is 6.76. The number of ether oxygens (including phenoxy) is 1. The Bertz CT molecular complexity index is 2130. The molecule has 0 unspecified atom stereocenters. The molecule has 47 heavy (non-hydrogen) atoms. The first-order chi connectivity index (χ1) is 22.2. The molecule has 0 saturated heterocycles. The maximum atomic E-state index is 14.1. The summed E-state index contributed by atoms with van der Waals surface area (Å²) in [6.45, 7) is -0.347. The number of pyridine rings is 1. The summed E-state index contributed by atoms with van der Waals surface area (Å²) in [6, 6.07) is 8.82. The highest BCUT2D eigenvalue weighted by Gasteiger charge is 2.36. The van der Waals surface area contributed by atoms with Gasteiger partial charge in [-0.3, -0.25) is 19.2 Å². The Hall–Kier alpha value is -4.65. The van der Waals surface area contributed by atoms with Crippen molar-refractivity contribution in [3.8, 4) is 22.9 Å². The number of rotatable bonds is 10. The maximum absolute atomic E-state index is 14.1. The van der Waals surface area contributed by atoms with Gasteiger partial charge in [0.1, 0.15) is 24.3 Å². The van der Waals surface area contributed by atoms with Crippen LogP contribution in [-0.4, -0.2) is 57.1 Å². The van der Waals surface area contributed by atoms with Gasteiger partial charge in [-0.2, -0.15) is 18.4 Å². The molecule has 2 aromatic carbocycles. The molecule has 1 N–H and O–H groups in total. The van der Waals surface area contributed by atoms with Crippen LogP contribution in [0.3, 0.4) is 0 Å². The molecule has 16 heteroatoms. The second kappa shape index (κ2) is 13.2.